The summed E-state index contributed by atoms with van der Waals surface area (Å²) in [6.07, 6.45) is 3.23. The van der Waals surface area contributed by atoms with Gasteiger partial charge in [0, 0.05) is 11.2 Å². The smallest absolute Gasteiger partial charge is 0.267 e. The van der Waals surface area contributed by atoms with Crippen LogP contribution in [0.3, 0.4) is 0 Å². The number of hydrogen-bond acceptors (Lipinski definition) is 5. The van der Waals surface area contributed by atoms with Crippen molar-refractivity contribution >= 4 is 69.4 Å². The third-order valence-corrected chi connectivity index (χ3v) is 5.00. The van der Waals surface area contributed by atoms with E-state index >= 15 is 0 Å². The van der Waals surface area contributed by atoms with Crippen LogP contribution in [0.15, 0.2) is 47.5 Å². The summed E-state index contributed by atoms with van der Waals surface area (Å²) in [5, 5.41) is 1.60. The van der Waals surface area contributed by atoms with Crippen molar-refractivity contribution < 1.29 is 9.59 Å². The topological polar surface area (TPSA) is 62.3 Å². The lowest BCUT2D eigenvalue weighted by Crippen LogP contribution is -2.44. The number of thioether (sulfide) groups is 1. The predicted octanol–water partition coefficient (Wildman–Crippen LogP) is 3.93. The zero-order valence-corrected chi connectivity index (χ0v) is 15.5. The number of halogens is 2. The molecular formula is C16H9Cl2N3O2S2. The van der Waals surface area contributed by atoms with Gasteiger partial charge in [0.1, 0.15) is 0 Å². The quantitative estimate of drug-likeness (QED) is 0.614. The summed E-state index contributed by atoms with van der Waals surface area (Å²) >= 11 is 18.1. The number of hydrogen-bond donors (Lipinski definition) is 1. The number of amides is 2. The van der Waals surface area contributed by atoms with Crippen LogP contribution in [0.4, 0.5) is 0 Å². The lowest BCUT2D eigenvalue weighted by Gasteiger charge is -2.16. The Balaban J connectivity index is 1.79. The molecule has 2 amide bonds. The van der Waals surface area contributed by atoms with Crippen LogP contribution in [0.1, 0.15) is 16.1 Å². The number of pyridine rings is 1. The summed E-state index contributed by atoms with van der Waals surface area (Å²) in [4.78, 5) is 29.3. The van der Waals surface area contributed by atoms with E-state index in [0.29, 0.717) is 15.6 Å². The molecule has 9 heteroatoms. The van der Waals surface area contributed by atoms with Crippen molar-refractivity contribution in [2.24, 2.45) is 0 Å². The highest BCUT2D eigenvalue weighted by molar-refractivity contribution is 8.26. The van der Waals surface area contributed by atoms with E-state index in [0.717, 1.165) is 16.8 Å². The van der Waals surface area contributed by atoms with E-state index < -0.39 is 11.8 Å². The first-order valence-corrected chi connectivity index (χ1v) is 8.89. The van der Waals surface area contributed by atoms with E-state index in [2.05, 4.69) is 10.4 Å². The summed E-state index contributed by atoms with van der Waals surface area (Å²) in [6, 6.07) is 9.81. The van der Waals surface area contributed by atoms with Crippen LogP contribution in [0.2, 0.25) is 10.0 Å². The normalized spacial score (nSPS) is 15.8. The van der Waals surface area contributed by atoms with E-state index in [1.165, 1.54) is 18.2 Å². The van der Waals surface area contributed by atoms with Crippen LogP contribution in [0.5, 0.6) is 0 Å². The highest BCUT2D eigenvalue weighted by Crippen LogP contribution is 2.31. The molecule has 2 aromatic rings. The molecule has 2 heterocycles. The highest BCUT2D eigenvalue weighted by Gasteiger charge is 2.34. The zero-order valence-electron chi connectivity index (χ0n) is 12.4. The minimum atomic E-state index is -0.558. The van der Waals surface area contributed by atoms with E-state index in [9.17, 15) is 9.59 Å². The molecule has 5 nitrogen and oxygen atoms in total. The Morgan fingerprint density at radius 1 is 1.28 bits per heavy atom. The Bertz CT molecular complexity index is 904. The van der Waals surface area contributed by atoms with E-state index in [1.807, 2.05) is 6.07 Å². The van der Waals surface area contributed by atoms with Crippen LogP contribution in [-0.2, 0) is 4.79 Å². The Kier molecular flexibility index (Phi) is 5.39. The van der Waals surface area contributed by atoms with Gasteiger partial charge < -0.3 is 0 Å². The van der Waals surface area contributed by atoms with Crippen molar-refractivity contribution in [1.29, 1.82) is 0 Å². The Hall–Kier alpha value is -1.93. The number of carbonyl (C=O) groups excluding carboxylic acids is 2. The maximum atomic E-state index is 12.5. The van der Waals surface area contributed by atoms with Crippen molar-refractivity contribution in [2.75, 3.05) is 0 Å². The van der Waals surface area contributed by atoms with Crippen LogP contribution in [0.25, 0.3) is 6.08 Å². The van der Waals surface area contributed by atoms with Crippen molar-refractivity contribution in [1.82, 2.24) is 15.4 Å². The third-order valence-electron chi connectivity index (χ3n) is 3.15. The molecule has 0 radical (unpaired) electrons. The fraction of sp³-hybridized carbons (Fsp3) is 0. The Morgan fingerprint density at radius 2 is 2.08 bits per heavy atom. The summed E-state index contributed by atoms with van der Waals surface area (Å²) in [6.45, 7) is 0. The molecule has 3 rings (SSSR count). The molecule has 25 heavy (non-hydrogen) atoms. The number of nitrogens with zero attached hydrogens (tertiary/aromatic N) is 2. The lowest BCUT2D eigenvalue weighted by molar-refractivity contribution is -0.123. The van der Waals surface area contributed by atoms with E-state index in [-0.39, 0.29) is 14.9 Å². The Morgan fingerprint density at radius 3 is 2.76 bits per heavy atom. The highest BCUT2D eigenvalue weighted by atomic mass is 35.5. The number of hydrazine groups is 1. The van der Waals surface area contributed by atoms with Crippen molar-refractivity contribution in [3.05, 3.63) is 68.8 Å². The van der Waals surface area contributed by atoms with Crippen molar-refractivity contribution in [2.45, 2.75) is 0 Å². The van der Waals surface area contributed by atoms with Gasteiger partial charge in [0.05, 0.1) is 21.2 Å². The molecule has 1 aliphatic heterocycles. The molecule has 0 saturated carbocycles. The molecule has 0 bridgehead atoms. The SMILES string of the molecule is O=C(NN1C(=O)C(=Cc2ccccn2)SC1=S)c1ccc(Cl)cc1Cl. The molecule has 1 N–H and O–H groups in total. The molecule has 126 valence electrons. The Labute approximate surface area is 163 Å². The fourth-order valence-electron chi connectivity index (χ4n) is 2.00. The fourth-order valence-corrected chi connectivity index (χ4v) is 3.65. The molecule has 1 aromatic heterocycles. The first-order chi connectivity index (χ1) is 12.0. The number of rotatable bonds is 3. The molecule has 0 spiro atoms. The summed E-state index contributed by atoms with van der Waals surface area (Å²) in [7, 11) is 0. The second-order valence-electron chi connectivity index (χ2n) is 4.84. The number of thiocarbonyl (C=S) groups is 1. The zero-order chi connectivity index (χ0) is 18.0. The molecule has 0 unspecified atom stereocenters. The van der Waals surface area contributed by atoms with Crippen LogP contribution >= 0.6 is 47.2 Å². The molecular weight excluding hydrogens is 401 g/mol. The van der Waals surface area contributed by atoms with E-state index in [1.54, 1.807) is 24.4 Å². The third kappa shape index (κ3) is 4.01. The summed E-state index contributed by atoms with van der Waals surface area (Å²) in [5.41, 5.74) is 3.27. The van der Waals surface area contributed by atoms with Crippen molar-refractivity contribution in [3.63, 3.8) is 0 Å². The number of nitrogens with one attached hydrogen (secondary N) is 1. The van der Waals surface area contributed by atoms with Gasteiger partial charge in [-0.3, -0.25) is 20.0 Å². The monoisotopic (exact) mass is 409 g/mol. The molecule has 0 atom stereocenters. The molecule has 1 aromatic carbocycles. The average molecular weight is 410 g/mol. The van der Waals surface area contributed by atoms with Gasteiger partial charge in [-0.2, -0.15) is 5.01 Å². The molecule has 1 fully saturated rings. The maximum absolute atomic E-state index is 12.5. The van der Waals surface area contributed by atoms with Crippen molar-refractivity contribution in [3.8, 4) is 0 Å². The predicted molar refractivity (Wildman–Crippen MR) is 103 cm³/mol. The largest absolute Gasteiger partial charge is 0.285 e. The summed E-state index contributed by atoms with van der Waals surface area (Å²) in [5.74, 6) is -0.990. The lowest BCUT2D eigenvalue weighted by atomic mass is 10.2. The average Bonchev–Trinajstić information content (AvgIpc) is 2.83. The van der Waals surface area contributed by atoms with Crippen LogP contribution < -0.4 is 5.43 Å². The van der Waals surface area contributed by atoms with Crippen LogP contribution in [-0.4, -0.2) is 26.1 Å². The van der Waals surface area contributed by atoms with Gasteiger partial charge in [-0.05, 0) is 48.6 Å². The first-order valence-electron chi connectivity index (χ1n) is 6.91. The molecule has 1 aliphatic rings. The second kappa shape index (κ2) is 7.53. The van der Waals surface area contributed by atoms with Gasteiger partial charge in [0.2, 0.25) is 0 Å². The second-order valence-corrected chi connectivity index (χ2v) is 7.36. The number of aromatic nitrogens is 1. The van der Waals surface area contributed by atoms with Gasteiger partial charge in [0.15, 0.2) is 4.32 Å². The minimum Gasteiger partial charge on any atom is -0.267 e. The number of benzene rings is 1. The number of carbonyl (C=O) groups is 2. The minimum absolute atomic E-state index is 0.180. The van der Waals surface area contributed by atoms with Gasteiger partial charge in [0.25, 0.3) is 11.8 Å². The first kappa shape index (κ1) is 17.9. The van der Waals surface area contributed by atoms with Gasteiger partial charge in [-0.15, -0.1) is 0 Å². The van der Waals surface area contributed by atoms with Gasteiger partial charge >= 0.3 is 0 Å². The van der Waals surface area contributed by atoms with Gasteiger partial charge in [-0.1, -0.05) is 41.0 Å². The standard InChI is InChI=1S/C16H9Cl2N3O2S2/c17-9-4-5-11(12(18)7-9)14(22)20-21-15(23)13(25-16(21)24)8-10-3-1-2-6-19-10/h1-8H,(H,20,22). The van der Waals surface area contributed by atoms with E-state index in [4.69, 9.17) is 35.4 Å². The molecule has 0 aliphatic carbocycles. The molecule has 1 saturated heterocycles. The summed E-state index contributed by atoms with van der Waals surface area (Å²) < 4.78 is 0.214. The van der Waals surface area contributed by atoms with Crippen LogP contribution in [0, 0.1) is 0 Å². The maximum Gasteiger partial charge on any atom is 0.285 e. The van der Waals surface area contributed by atoms with Gasteiger partial charge in [-0.25, -0.2) is 0 Å².